The summed E-state index contributed by atoms with van der Waals surface area (Å²) in [5.41, 5.74) is 3.70. The van der Waals surface area contributed by atoms with E-state index < -0.39 is 11.8 Å². The molecule has 0 heterocycles. The van der Waals surface area contributed by atoms with Gasteiger partial charge in [0, 0.05) is 22.2 Å². The lowest BCUT2D eigenvalue weighted by atomic mass is 10.2. The fraction of sp³-hybridized carbons (Fsp3) is 0.250. The molecule has 0 aliphatic carbocycles. The maximum absolute atomic E-state index is 11.6. The minimum atomic E-state index is -0.818. The fourth-order valence-electron chi connectivity index (χ4n) is 2.08. The van der Waals surface area contributed by atoms with Crippen molar-refractivity contribution in [1.82, 2.24) is 10.7 Å². The number of carbonyl (C=O) groups is 2. The molecule has 2 rings (SSSR count). The van der Waals surface area contributed by atoms with Crippen molar-refractivity contribution >= 4 is 41.2 Å². The van der Waals surface area contributed by atoms with Crippen molar-refractivity contribution in [2.75, 3.05) is 6.54 Å². The second-order valence-electron chi connectivity index (χ2n) is 6.40. The summed E-state index contributed by atoms with van der Waals surface area (Å²) in [6, 6.07) is 12.3. The van der Waals surface area contributed by atoms with E-state index in [0.29, 0.717) is 27.9 Å². The predicted octanol–water partition coefficient (Wildman–Crippen LogP) is 3.79. The normalized spacial score (nSPS) is 10.9. The van der Waals surface area contributed by atoms with Gasteiger partial charge in [0.05, 0.1) is 6.21 Å². The second-order valence-corrected chi connectivity index (χ2v) is 7.24. The summed E-state index contributed by atoms with van der Waals surface area (Å²) in [5, 5.41) is 7.41. The Morgan fingerprint density at radius 2 is 1.93 bits per heavy atom. The zero-order valence-electron chi connectivity index (χ0n) is 15.5. The molecule has 0 atom stereocenters. The number of nitrogens with zero attached hydrogens (tertiary/aromatic N) is 1. The van der Waals surface area contributed by atoms with Crippen LogP contribution in [-0.4, -0.2) is 24.6 Å². The smallest absolute Gasteiger partial charge is 0.329 e. The van der Waals surface area contributed by atoms with Gasteiger partial charge in [-0.25, -0.2) is 5.43 Å². The van der Waals surface area contributed by atoms with Crippen LogP contribution >= 0.6 is 23.2 Å². The number of ether oxygens (including phenoxy) is 1. The average molecular weight is 422 g/mol. The number of halogens is 2. The first-order chi connectivity index (χ1) is 13.3. The molecule has 0 saturated heterocycles. The molecule has 2 N–H and O–H groups in total. The summed E-state index contributed by atoms with van der Waals surface area (Å²) in [5.74, 6) is -0.675. The summed E-state index contributed by atoms with van der Waals surface area (Å²) >= 11 is 12.0. The highest BCUT2D eigenvalue weighted by atomic mass is 35.5. The van der Waals surface area contributed by atoms with Gasteiger partial charge in [-0.2, -0.15) is 5.10 Å². The van der Waals surface area contributed by atoms with Crippen LogP contribution in [0.1, 0.15) is 25.0 Å². The van der Waals surface area contributed by atoms with E-state index in [2.05, 4.69) is 15.8 Å². The molecule has 0 aliphatic rings. The van der Waals surface area contributed by atoms with Crippen LogP contribution in [0, 0.1) is 5.92 Å². The molecule has 0 bridgehead atoms. The zero-order valence-corrected chi connectivity index (χ0v) is 17.1. The van der Waals surface area contributed by atoms with Crippen LogP contribution < -0.4 is 15.5 Å². The van der Waals surface area contributed by atoms with Gasteiger partial charge in [-0.05, 0) is 35.7 Å². The largest absolute Gasteiger partial charge is 0.489 e. The summed E-state index contributed by atoms with van der Waals surface area (Å²) < 4.78 is 5.73. The zero-order chi connectivity index (χ0) is 20.5. The number of amides is 2. The van der Waals surface area contributed by atoms with Crippen LogP contribution in [0.5, 0.6) is 5.75 Å². The van der Waals surface area contributed by atoms with Crippen molar-refractivity contribution < 1.29 is 14.3 Å². The van der Waals surface area contributed by atoms with E-state index in [4.69, 9.17) is 27.9 Å². The molecular formula is C20H21Cl2N3O3. The lowest BCUT2D eigenvalue weighted by Gasteiger charge is -2.08. The van der Waals surface area contributed by atoms with Crippen LogP contribution in [-0.2, 0) is 16.2 Å². The van der Waals surface area contributed by atoms with Gasteiger partial charge < -0.3 is 10.1 Å². The Balaban J connectivity index is 1.89. The van der Waals surface area contributed by atoms with Gasteiger partial charge >= 0.3 is 11.8 Å². The van der Waals surface area contributed by atoms with Gasteiger partial charge in [-0.3, -0.25) is 9.59 Å². The minimum absolute atomic E-state index is 0.255. The van der Waals surface area contributed by atoms with Crippen molar-refractivity contribution in [1.29, 1.82) is 0 Å². The van der Waals surface area contributed by atoms with Crippen LogP contribution in [0.3, 0.4) is 0 Å². The Kier molecular flexibility index (Phi) is 8.29. The third-order valence-electron chi connectivity index (χ3n) is 3.52. The molecule has 0 saturated carbocycles. The van der Waals surface area contributed by atoms with Crippen LogP contribution in [0.25, 0.3) is 0 Å². The molecule has 0 radical (unpaired) electrons. The Morgan fingerprint density at radius 3 is 2.64 bits per heavy atom. The number of hydrogen-bond acceptors (Lipinski definition) is 4. The van der Waals surface area contributed by atoms with Crippen LogP contribution in [0.15, 0.2) is 47.6 Å². The lowest BCUT2D eigenvalue weighted by molar-refractivity contribution is -0.139. The van der Waals surface area contributed by atoms with Gasteiger partial charge in [0.25, 0.3) is 0 Å². The molecule has 148 valence electrons. The number of hydrazone groups is 1. The third-order valence-corrected chi connectivity index (χ3v) is 4.11. The first-order valence-electron chi connectivity index (χ1n) is 8.63. The van der Waals surface area contributed by atoms with E-state index in [1.807, 2.05) is 13.8 Å². The van der Waals surface area contributed by atoms with Crippen LogP contribution in [0.4, 0.5) is 0 Å². The first-order valence-corrected chi connectivity index (χ1v) is 9.38. The number of benzene rings is 2. The summed E-state index contributed by atoms with van der Waals surface area (Å²) in [7, 11) is 0. The molecule has 0 aliphatic heterocycles. The SMILES string of the molecule is CC(C)CNC(=O)C(=O)N/N=C\c1cccc(OCc2ccc(Cl)cc2Cl)c1. The van der Waals surface area contributed by atoms with Crippen molar-refractivity contribution in [3.63, 3.8) is 0 Å². The minimum Gasteiger partial charge on any atom is -0.489 e. The fourth-order valence-corrected chi connectivity index (χ4v) is 2.54. The van der Waals surface area contributed by atoms with Gasteiger partial charge in [0.1, 0.15) is 12.4 Å². The first kappa shape index (κ1) is 21.7. The van der Waals surface area contributed by atoms with Crippen LogP contribution in [0.2, 0.25) is 10.0 Å². The highest BCUT2D eigenvalue weighted by Crippen LogP contribution is 2.22. The van der Waals surface area contributed by atoms with Gasteiger partial charge in [-0.15, -0.1) is 0 Å². The quantitative estimate of drug-likeness (QED) is 0.405. The molecule has 8 heteroatoms. The van der Waals surface area contributed by atoms with E-state index in [9.17, 15) is 9.59 Å². The van der Waals surface area contributed by atoms with Crippen molar-refractivity contribution in [2.45, 2.75) is 20.5 Å². The van der Waals surface area contributed by atoms with Gasteiger partial charge in [0.15, 0.2) is 0 Å². The summed E-state index contributed by atoms with van der Waals surface area (Å²) in [6.07, 6.45) is 1.43. The molecule has 28 heavy (non-hydrogen) atoms. The van der Waals surface area contributed by atoms with E-state index in [1.165, 1.54) is 6.21 Å². The van der Waals surface area contributed by atoms with E-state index in [1.54, 1.807) is 42.5 Å². The number of rotatable bonds is 7. The number of carbonyl (C=O) groups excluding carboxylic acids is 2. The Morgan fingerprint density at radius 1 is 1.14 bits per heavy atom. The molecular weight excluding hydrogens is 401 g/mol. The molecule has 0 aromatic heterocycles. The molecule has 0 unspecified atom stereocenters. The molecule has 2 aromatic carbocycles. The molecule has 0 fully saturated rings. The second kappa shape index (κ2) is 10.7. The monoisotopic (exact) mass is 421 g/mol. The Labute approximate surface area is 173 Å². The topological polar surface area (TPSA) is 79.8 Å². The maximum atomic E-state index is 11.6. The highest BCUT2D eigenvalue weighted by Gasteiger charge is 2.12. The predicted molar refractivity (Wildman–Crippen MR) is 111 cm³/mol. The standard InChI is InChI=1S/C20H21Cl2N3O3/c1-13(2)10-23-19(26)20(27)25-24-11-14-4-3-5-17(8-14)28-12-15-6-7-16(21)9-18(15)22/h3-9,11,13H,10,12H2,1-2H3,(H,23,26)(H,25,27)/b24-11-. The van der Waals surface area contributed by atoms with E-state index in [0.717, 1.165) is 5.56 Å². The van der Waals surface area contributed by atoms with Gasteiger partial charge in [0.2, 0.25) is 0 Å². The van der Waals surface area contributed by atoms with E-state index in [-0.39, 0.29) is 12.5 Å². The number of hydrogen-bond donors (Lipinski definition) is 2. The summed E-state index contributed by atoms with van der Waals surface area (Å²) in [6.45, 7) is 4.58. The summed E-state index contributed by atoms with van der Waals surface area (Å²) in [4.78, 5) is 23.2. The molecule has 0 spiro atoms. The Bertz CT molecular complexity index is 870. The molecule has 2 aromatic rings. The van der Waals surface area contributed by atoms with Crippen molar-refractivity contribution in [3.05, 3.63) is 63.6 Å². The molecule has 6 nitrogen and oxygen atoms in total. The maximum Gasteiger partial charge on any atom is 0.329 e. The third kappa shape index (κ3) is 7.21. The number of nitrogens with one attached hydrogen (secondary N) is 2. The van der Waals surface area contributed by atoms with E-state index >= 15 is 0 Å². The average Bonchev–Trinajstić information content (AvgIpc) is 2.65. The highest BCUT2D eigenvalue weighted by molar-refractivity contribution is 6.35. The molecule has 2 amide bonds. The lowest BCUT2D eigenvalue weighted by Crippen LogP contribution is -2.39. The van der Waals surface area contributed by atoms with Gasteiger partial charge in [-0.1, -0.05) is 55.2 Å². The van der Waals surface area contributed by atoms with Crippen molar-refractivity contribution in [2.24, 2.45) is 11.0 Å². The van der Waals surface area contributed by atoms with Crippen molar-refractivity contribution in [3.8, 4) is 5.75 Å². The Hall–Kier alpha value is -2.57.